The highest BCUT2D eigenvalue weighted by molar-refractivity contribution is 5.93. The number of benzene rings is 1. The summed E-state index contributed by atoms with van der Waals surface area (Å²) in [5, 5.41) is 9.30. The van der Waals surface area contributed by atoms with Gasteiger partial charge in [-0.25, -0.2) is 9.78 Å². The molecular weight excluding hydrogens is 296 g/mol. The van der Waals surface area contributed by atoms with Gasteiger partial charge in [0.25, 0.3) is 0 Å². The predicted octanol–water partition coefficient (Wildman–Crippen LogP) is 2.93. The Hall–Kier alpha value is -3.02. The number of imidazole rings is 1. The standard InChI is InChI=1S/C17H16N2O4/c1-11-4-3-5-14-16(17(20)21)18-15(19(11)14)10-23-13-8-6-12(22-2)7-9-13/h3-9H,10H2,1-2H3,(H,20,21). The summed E-state index contributed by atoms with van der Waals surface area (Å²) in [4.78, 5) is 15.6. The summed E-state index contributed by atoms with van der Waals surface area (Å²) in [7, 11) is 1.60. The first-order chi connectivity index (χ1) is 11.1. The monoisotopic (exact) mass is 312 g/mol. The Morgan fingerprint density at radius 3 is 2.52 bits per heavy atom. The highest BCUT2D eigenvalue weighted by Crippen LogP contribution is 2.20. The van der Waals surface area contributed by atoms with Gasteiger partial charge in [0.1, 0.15) is 18.1 Å². The summed E-state index contributed by atoms with van der Waals surface area (Å²) in [5.74, 6) is 0.899. The number of hydrogen-bond donors (Lipinski definition) is 1. The number of carbonyl (C=O) groups is 1. The number of pyridine rings is 1. The van der Waals surface area contributed by atoms with Gasteiger partial charge in [0, 0.05) is 5.69 Å². The van der Waals surface area contributed by atoms with Gasteiger partial charge in [0.2, 0.25) is 0 Å². The third kappa shape index (κ3) is 2.83. The zero-order chi connectivity index (χ0) is 16.4. The normalized spacial score (nSPS) is 10.7. The largest absolute Gasteiger partial charge is 0.497 e. The number of carboxylic acid groups (broad SMARTS) is 1. The number of aromatic nitrogens is 2. The summed E-state index contributed by atoms with van der Waals surface area (Å²) in [6, 6.07) is 12.6. The minimum Gasteiger partial charge on any atom is -0.497 e. The van der Waals surface area contributed by atoms with Gasteiger partial charge in [-0.15, -0.1) is 0 Å². The fourth-order valence-corrected chi connectivity index (χ4v) is 2.46. The molecule has 0 fully saturated rings. The summed E-state index contributed by atoms with van der Waals surface area (Å²) in [6.07, 6.45) is 0. The van der Waals surface area contributed by atoms with E-state index in [0.29, 0.717) is 17.1 Å². The Labute approximate surface area is 132 Å². The lowest BCUT2D eigenvalue weighted by Crippen LogP contribution is -2.03. The molecule has 0 atom stereocenters. The van der Waals surface area contributed by atoms with Gasteiger partial charge in [-0.3, -0.25) is 4.40 Å². The fourth-order valence-electron chi connectivity index (χ4n) is 2.46. The van der Waals surface area contributed by atoms with E-state index in [1.165, 1.54) is 0 Å². The first-order valence-corrected chi connectivity index (χ1v) is 7.07. The van der Waals surface area contributed by atoms with Crippen molar-refractivity contribution in [1.29, 1.82) is 0 Å². The first-order valence-electron chi connectivity index (χ1n) is 7.07. The topological polar surface area (TPSA) is 73.1 Å². The second-order valence-corrected chi connectivity index (χ2v) is 5.03. The molecule has 2 heterocycles. The Balaban J connectivity index is 1.91. The van der Waals surface area contributed by atoms with Gasteiger partial charge in [0.15, 0.2) is 11.5 Å². The third-order valence-corrected chi connectivity index (χ3v) is 3.56. The lowest BCUT2D eigenvalue weighted by atomic mass is 10.3. The van der Waals surface area contributed by atoms with Gasteiger partial charge < -0.3 is 14.6 Å². The second kappa shape index (κ2) is 6.00. The summed E-state index contributed by atoms with van der Waals surface area (Å²) >= 11 is 0. The molecule has 0 unspecified atom stereocenters. The van der Waals surface area contributed by atoms with E-state index in [1.807, 2.05) is 19.1 Å². The molecule has 23 heavy (non-hydrogen) atoms. The Kier molecular flexibility index (Phi) is 3.89. The van der Waals surface area contributed by atoms with E-state index in [1.54, 1.807) is 41.8 Å². The van der Waals surface area contributed by atoms with Crippen LogP contribution in [0, 0.1) is 6.92 Å². The van der Waals surface area contributed by atoms with Crippen LogP contribution in [-0.4, -0.2) is 27.6 Å². The number of hydrogen-bond acceptors (Lipinski definition) is 4. The van der Waals surface area contributed by atoms with E-state index in [0.717, 1.165) is 11.4 Å². The minimum atomic E-state index is -1.05. The van der Waals surface area contributed by atoms with Crippen LogP contribution in [0.25, 0.3) is 5.52 Å². The minimum absolute atomic E-state index is 0.0297. The molecule has 0 amide bonds. The van der Waals surface area contributed by atoms with Crippen LogP contribution in [0.3, 0.4) is 0 Å². The molecule has 0 bridgehead atoms. The summed E-state index contributed by atoms with van der Waals surface area (Å²) in [5.41, 5.74) is 1.49. The molecule has 3 aromatic rings. The van der Waals surface area contributed by atoms with E-state index in [2.05, 4.69) is 4.98 Å². The number of carboxylic acids is 1. The maximum Gasteiger partial charge on any atom is 0.356 e. The molecule has 1 N–H and O–H groups in total. The van der Waals surface area contributed by atoms with Crippen LogP contribution in [0.15, 0.2) is 42.5 Å². The second-order valence-electron chi connectivity index (χ2n) is 5.03. The number of aryl methyl sites for hydroxylation is 1. The van der Waals surface area contributed by atoms with Crippen LogP contribution in [0.5, 0.6) is 11.5 Å². The molecule has 6 heteroatoms. The Morgan fingerprint density at radius 1 is 1.17 bits per heavy atom. The van der Waals surface area contributed by atoms with Gasteiger partial charge in [-0.2, -0.15) is 0 Å². The smallest absolute Gasteiger partial charge is 0.356 e. The molecule has 3 rings (SSSR count). The molecule has 0 saturated carbocycles. The van der Waals surface area contributed by atoms with E-state index < -0.39 is 5.97 Å². The SMILES string of the molecule is COc1ccc(OCc2nc(C(=O)O)c3cccc(C)n23)cc1. The number of rotatable bonds is 5. The van der Waals surface area contributed by atoms with Gasteiger partial charge >= 0.3 is 5.97 Å². The fraction of sp³-hybridized carbons (Fsp3) is 0.176. The lowest BCUT2D eigenvalue weighted by molar-refractivity contribution is 0.0693. The number of ether oxygens (including phenoxy) is 2. The average molecular weight is 312 g/mol. The first kappa shape index (κ1) is 14.9. The maximum atomic E-state index is 11.4. The molecule has 2 aromatic heterocycles. The van der Waals surface area contributed by atoms with Gasteiger partial charge in [-0.05, 0) is 43.3 Å². The molecule has 118 valence electrons. The van der Waals surface area contributed by atoms with Crippen LogP contribution in [0.1, 0.15) is 22.0 Å². The van der Waals surface area contributed by atoms with Crippen LogP contribution in [0.2, 0.25) is 0 Å². The Morgan fingerprint density at radius 2 is 1.87 bits per heavy atom. The molecule has 0 aliphatic rings. The van der Waals surface area contributed by atoms with E-state index in [-0.39, 0.29) is 12.3 Å². The number of aromatic carboxylic acids is 1. The molecule has 0 aliphatic heterocycles. The lowest BCUT2D eigenvalue weighted by Gasteiger charge is -2.08. The van der Waals surface area contributed by atoms with Crippen molar-refractivity contribution in [3.8, 4) is 11.5 Å². The van der Waals surface area contributed by atoms with Crippen molar-refractivity contribution in [2.75, 3.05) is 7.11 Å². The number of nitrogens with zero attached hydrogens (tertiary/aromatic N) is 2. The number of methoxy groups -OCH3 is 1. The van der Waals surface area contributed by atoms with E-state index in [9.17, 15) is 9.90 Å². The highest BCUT2D eigenvalue weighted by atomic mass is 16.5. The van der Waals surface area contributed by atoms with Crippen molar-refractivity contribution in [3.63, 3.8) is 0 Å². The van der Waals surface area contributed by atoms with E-state index in [4.69, 9.17) is 9.47 Å². The quantitative estimate of drug-likeness (QED) is 0.784. The number of fused-ring (bicyclic) bond motifs is 1. The molecule has 0 saturated heterocycles. The van der Waals surface area contributed by atoms with Crippen molar-refractivity contribution >= 4 is 11.5 Å². The van der Waals surface area contributed by atoms with Gasteiger partial charge in [0.05, 0.1) is 12.6 Å². The van der Waals surface area contributed by atoms with Crippen LogP contribution < -0.4 is 9.47 Å². The summed E-state index contributed by atoms with van der Waals surface area (Å²) < 4.78 is 12.6. The molecule has 0 aliphatic carbocycles. The Bertz CT molecular complexity index is 853. The summed E-state index contributed by atoms with van der Waals surface area (Å²) in [6.45, 7) is 2.07. The van der Waals surface area contributed by atoms with Crippen molar-refractivity contribution < 1.29 is 19.4 Å². The average Bonchev–Trinajstić information content (AvgIpc) is 2.94. The van der Waals surface area contributed by atoms with Crippen LogP contribution in [0.4, 0.5) is 0 Å². The zero-order valence-corrected chi connectivity index (χ0v) is 12.8. The maximum absolute atomic E-state index is 11.4. The molecule has 6 nitrogen and oxygen atoms in total. The van der Waals surface area contributed by atoms with Crippen molar-refractivity contribution in [2.45, 2.75) is 13.5 Å². The molecule has 1 aromatic carbocycles. The molecule has 0 spiro atoms. The van der Waals surface area contributed by atoms with Crippen molar-refractivity contribution in [3.05, 3.63) is 59.7 Å². The van der Waals surface area contributed by atoms with Crippen molar-refractivity contribution in [2.24, 2.45) is 0 Å². The third-order valence-electron chi connectivity index (χ3n) is 3.56. The zero-order valence-electron chi connectivity index (χ0n) is 12.8. The van der Waals surface area contributed by atoms with Crippen LogP contribution >= 0.6 is 0 Å². The van der Waals surface area contributed by atoms with E-state index >= 15 is 0 Å². The predicted molar refractivity (Wildman–Crippen MR) is 84.2 cm³/mol. The molecule has 0 radical (unpaired) electrons. The molecular formula is C17H16N2O4. The van der Waals surface area contributed by atoms with Gasteiger partial charge in [-0.1, -0.05) is 6.07 Å². The highest BCUT2D eigenvalue weighted by Gasteiger charge is 2.17. The van der Waals surface area contributed by atoms with Crippen molar-refractivity contribution in [1.82, 2.24) is 9.38 Å². The van der Waals surface area contributed by atoms with Crippen LogP contribution in [-0.2, 0) is 6.61 Å².